The lowest BCUT2D eigenvalue weighted by molar-refractivity contribution is -0.0156. The molecule has 3 heterocycles. The molecule has 0 spiro atoms. The topological polar surface area (TPSA) is 41.1 Å². The van der Waals surface area contributed by atoms with E-state index in [9.17, 15) is 0 Å². The third-order valence-electron chi connectivity index (χ3n) is 4.22. The molecule has 6 heteroatoms. The summed E-state index contributed by atoms with van der Waals surface area (Å²) >= 11 is 7.59. The number of H-pyrrole nitrogens is 1. The van der Waals surface area contributed by atoms with E-state index in [0.717, 1.165) is 40.4 Å². The predicted molar refractivity (Wildman–Crippen MR) is 97.3 cm³/mol. The van der Waals surface area contributed by atoms with Crippen LogP contribution in [0.3, 0.4) is 0 Å². The second-order valence-corrected chi connectivity index (χ2v) is 7.55. The van der Waals surface area contributed by atoms with Crippen molar-refractivity contribution in [2.45, 2.75) is 12.6 Å². The van der Waals surface area contributed by atoms with Gasteiger partial charge in [0.15, 0.2) is 0 Å². The van der Waals surface area contributed by atoms with Crippen molar-refractivity contribution < 1.29 is 4.74 Å². The van der Waals surface area contributed by atoms with Gasteiger partial charge in [-0.2, -0.15) is 0 Å². The summed E-state index contributed by atoms with van der Waals surface area (Å²) < 4.78 is 6.49. The van der Waals surface area contributed by atoms with Crippen LogP contribution >= 0.6 is 22.9 Å². The summed E-state index contributed by atoms with van der Waals surface area (Å²) in [5, 5.41) is 0. The van der Waals surface area contributed by atoms with Gasteiger partial charge in [0, 0.05) is 13.1 Å². The molecule has 1 fully saturated rings. The number of nitrogens with zero attached hydrogens (tertiary/aromatic N) is 2. The fourth-order valence-electron chi connectivity index (χ4n) is 2.99. The summed E-state index contributed by atoms with van der Waals surface area (Å²) in [4.78, 5) is 11.6. The number of morpholine rings is 1. The van der Waals surface area contributed by atoms with Crippen LogP contribution in [-0.2, 0) is 11.3 Å². The number of thiophene rings is 1. The minimum absolute atomic E-state index is 0.142. The van der Waals surface area contributed by atoms with Crippen molar-refractivity contribution in [2.24, 2.45) is 0 Å². The van der Waals surface area contributed by atoms with Crippen LogP contribution in [-0.4, -0.2) is 34.6 Å². The molecule has 0 radical (unpaired) electrons. The molecule has 0 amide bonds. The first kappa shape index (κ1) is 15.8. The van der Waals surface area contributed by atoms with Gasteiger partial charge >= 0.3 is 0 Å². The van der Waals surface area contributed by atoms with Gasteiger partial charge < -0.3 is 9.72 Å². The Labute approximate surface area is 150 Å². The molecule has 0 aliphatic carbocycles. The highest BCUT2D eigenvalue weighted by Crippen LogP contribution is 2.31. The number of ether oxygens (including phenoxy) is 1. The zero-order valence-electron chi connectivity index (χ0n) is 13.1. The molecule has 3 aromatic rings. The molecular weight excluding hydrogens is 342 g/mol. The normalized spacial score (nSPS) is 18.8. The van der Waals surface area contributed by atoms with Crippen LogP contribution in [0.25, 0.3) is 10.6 Å². The molecule has 1 aliphatic rings. The van der Waals surface area contributed by atoms with Gasteiger partial charge in [-0.25, -0.2) is 4.98 Å². The molecule has 124 valence electrons. The number of rotatable bonds is 4. The lowest BCUT2D eigenvalue weighted by atomic mass is 10.1. The first-order chi connectivity index (χ1) is 11.8. The van der Waals surface area contributed by atoms with Crippen molar-refractivity contribution in [1.82, 2.24) is 14.9 Å². The van der Waals surface area contributed by atoms with Gasteiger partial charge in [0.25, 0.3) is 0 Å². The minimum Gasteiger partial charge on any atom is -0.378 e. The quantitative estimate of drug-likeness (QED) is 0.752. The Hall–Kier alpha value is -1.66. The Morgan fingerprint density at radius 3 is 2.92 bits per heavy atom. The molecule has 0 saturated carbocycles. The molecule has 1 saturated heterocycles. The highest BCUT2D eigenvalue weighted by Gasteiger charge is 2.27. The van der Waals surface area contributed by atoms with Gasteiger partial charge in [-0.3, -0.25) is 4.90 Å². The Kier molecular flexibility index (Phi) is 4.67. The summed E-state index contributed by atoms with van der Waals surface area (Å²) in [6.45, 7) is 3.22. The number of aromatic nitrogens is 2. The van der Waals surface area contributed by atoms with E-state index in [1.165, 1.54) is 5.56 Å². The molecule has 24 heavy (non-hydrogen) atoms. The van der Waals surface area contributed by atoms with Gasteiger partial charge in [-0.1, -0.05) is 41.9 Å². The smallest absolute Gasteiger partial charge is 0.126 e. The highest BCUT2D eigenvalue weighted by atomic mass is 35.5. The van der Waals surface area contributed by atoms with Crippen molar-refractivity contribution in [3.05, 3.63) is 64.4 Å². The van der Waals surface area contributed by atoms with Crippen molar-refractivity contribution in [3.63, 3.8) is 0 Å². The van der Waals surface area contributed by atoms with Crippen molar-refractivity contribution in [2.75, 3.05) is 19.8 Å². The van der Waals surface area contributed by atoms with Crippen LogP contribution < -0.4 is 0 Å². The SMILES string of the molecule is Clc1ccc(-c2cnc([C@@H]3COCCN3Cc3ccccc3)[nH]2)s1. The Morgan fingerprint density at radius 2 is 2.12 bits per heavy atom. The Bertz CT molecular complexity index is 801. The van der Waals surface area contributed by atoms with E-state index in [4.69, 9.17) is 16.3 Å². The van der Waals surface area contributed by atoms with Crippen molar-refractivity contribution in [3.8, 4) is 10.6 Å². The summed E-state index contributed by atoms with van der Waals surface area (Å²) in [5.74, 6) is 0.949. The maximum Gasteiger partial charge on any atom is 0.126 e. The van der Waals surface area contributed by atoms with Crippen LogP contribution in [0.15, 0.2) is 48.7 Å². The average molecular weight is 360 g/mol. The second-order valence-electron chi connectivity index (χ2n) is 5.83. The number of aromatic amines is 1. The largest absolute Gasteiger partial charge is 0.378 e. The van der Waals surface area contributed by atoms with E-state index in [2.05, 4.69) is 39.1 Å². The lowest BCUT2D eigenvalue weighted by Crippen LogP contribution is -2.39. The molecule has 1 aliphatic heterocycles. The monoisotopic (exact) mass is 359 g/mol. The van der Waals surface area contributed by atoms with E-state index in [-0.39, 0.29) is 6.04 Å². The maximum atomic E-state index is 6.04. The summed E-state index contributed by atoms with van der Waals surface area (Å²) in [5.41, 5.74) is 2.31. The predicted octanol–water partition coefficient (Wildman–Crippen LogP) is 4.37. The molecule has 0 bridgehead atoms. The second kappa shape index (κ2) is 7.07. The van der Waals surface area contributed by atoms with Gasteiger partial charge in [-0.15, -0.1) is 11.3 Å². The molecular formula is C18H18ClN3OS. The van der Waals surface area contributed by atoms with Crippen LogP contribution in [0.2, 0.25) is 4.34 Å². The lowest BCUT2D eigenvalue weighted by Gasteiger charge is -2.34. The summed E-state index contributed by atoms with van der Waals surface area (Å²) in [7, 11) is 0. The van der Waals surface area contributed by atoms with Crippen LogP contribution in [0, 0.1) is 0 Å². The number of nitrogens with one attached hydrogen (secondary N) is 1. The van der Waals surface area contributed by atoms with Crippen molar-refractivity contribution in [1.29, 1.82) is 0 Å². The minimum atomic E-state index is 0.142. The van der Waals surface area contributed by atoms with E-state index in [0.29, 0.717) is 6.61 Å². The average Bonchev–Trinajstić information content (AvgIpc) is 3.25. The third-order valence-corrected chi connectivity index (χ3v) is 5.48. The van der Waals surface area contributed by atoms with Crippen molar-refractivity contribution >= 4 is 22.9 Å². The maximum absolute atomic E-state index is 6.04. The molecule has 1 atom stereocenters. The first-order valence-corrected chi connectivity index (χ1v) is 9.15. The van der Waals surface area contributed by atoms with Gasteiger partial charge in [0.1, 0.15) is 5.82 Å². The molecule has 1 N–H and O–H groups in total. The first-order valence-electron chi connectivity index (χ1n) is 7.96. The van der Waals surface area contributed by atoms with Crippen LogP contribution in [0.5, 0.6) is 0 Å². The number of halogens is 1. The number of hydrogen-bond donors (Lipinski definition) is 1. The van der Waals surface area contributed by atoms with E-state index in [1.807, 2.05) is 24.4 Å². The third kappa shape index (κ3) is 3.39. The molecule has 2 aromatic heterocycles. The highest BCUT2D eigenvalue weighted by molar-refractivity contribution is 7.19. The zero-order valence-corrected chi connectivity index (χ0v) is 14.7. The molecule has 4 nitrogen and oxygen atoms in total. The number of imidazole rings is 1. The Morgan fingerprint density at radius 1 is 1.25 bits per heavy atom. The fraction of sp³-hybridized carbons (Fsp3) is 0.278. The van der Waals surface area contributed by atoms with E-state index in [1.54, 1.807) is 11.3 Å². The summed E-state index contributed by atoms with van der Waals surface area (Å²) in [6.07, 6.45) is 1.88. The molecule has 0 unspecified atom stereocenters. The van der Waals surface area contributed by atoms with Gasteiger partial charge in [-0.05, 0) is 17.7 Å². The number of benzene rings is 1. The summed E-state index contributed by atoms with van der Waals surface area (Å²) in [6, 6.07) is 14.6. The fourth-order valence-corrected chi connectivity index (χ4v) is 4.00. The van der Waals surface area contributed by atoms with Gasteiger partial charge in [0.05, 0.1) is 40.4 Å². The van der Waals surface area contributed by atoms with Crippen LogP contribution in [0.4, 0.5) is 0 Å². The molecule has 4 rings (SSSR count). The van der Waals surface area contributed by atoms with Gasteiger partial charge in [0.2, 0.25) is 0 Å². The van der Waals surface area contributed by atoms with E-state index < -0.39 is 0 Å². The zero-order chi connectivity index (χ0) is 16.4. The number of hydrogen-bond acceptors (Lipinski definition) is 4. The Balaban J connectivity index is 1.55. The van der Waals surface area contributed by atoms with E-state index >= 15 is 0 Å². The standard InChI is InChI=1S/C18H18ClN3OS/c19-17-7-6-16(24-17)14-10-20-18(21-14)15-12-23-9-8-22(15)11-13-4-2-1-3-5-13/h1-7,10,15H,8-9,11-12H2,(H,20,21)/t15-/m0/s1. The van der Waals surface area contributed by atoms with Crippen LogP contribution in [0.1, 0.15) is 17.4 Å². The molecule has 1 aromatic carbocycles.